The monoisotopic (exact) mass is 414 g/mol. The molecule has 159 valence electrons. The molecule has 3 rings (SSSR count). The predicted octanol–water partition coefficient (Wildman–Crippen LogP) is 4.18. The van der Waals surface area contributed by atoms with Crippen LogP contribution in [0.2, 0.25) is 0 Å². The number of nitrogens with two attached hydrogens (primary N) is 1. The Labute approximate surface area is 185 Å². The van der Waals surface area contributed by atoms with Gasteiger partial charge in [0, 0.05) is 43.0 Å². The van der Waals surface area contributed by atoms with E-state index in [-0.39, 0.29) is 12.5 Å². The van der Waals surface area contributed by atoms with E-state index in [0.29, 0.717) is 13.0 Å². The molecule has 0 fully saturated rings. The van der Waals surface area contributed by atoms with E-state index < -0.39 is 5.92 Å². The number of carbonyl (C=O) groups is 1. The van der Waals surface area contributed by atoms with Crippen molar-refractivity contribution in [3.63, 3.8) is 0 Å². The van der Waals surface area contributed by atoms with Crippen LogP contribution in [0.1, 0.15) is 39.5 Å². The molecular formula is C25H29BN3O2. The van der Waals surface area contributed by atoms with Crippen molar-refractivity contribution >= 4 is 29.8 Å². The van der Waals surface area contributed by atoms with Crippen molar-refractivity contribution in [2.45, 2.75) is 39.5 Å². The lowest BCUT2D eigenvalue weighted by molar-refractivity contribution is -0.118. The quantitative estimate of drug-likeness (QED) is 0.526. The maximum Gasteiger partial charge on any atom is 0.329 e. The first-order chi connectivity index (χ1) is 15.2. The first-order valence-corrected chi connectivity index (χ1v) is 10.8. The minimum Gasteiger partial charge on any atom is -0.434 e. The SMILES string of the molecule is CC#CC/C(=C\C1=C(CC)CCCO[B]1)C(CN)C(=O)Nc1ccc2cnccc2c1. The number of anilines is 1. The van der Waals surface area contributed by atoms with E-state index in [2.05, 4.69) is 35.1 Å². The minimum atomic E-state index is -0.476. The van der Waals surface area contributed by atoms with Gasteiger partial charge >= 0.3 is 7.48 Å². The lowest BCUT2D eigenvalue weighted by atomic mass is 9.78. The number of hydrogen-bond donors (Lipinski definition) is 2. The van der Waals surface area contributed by atoms with Gasteiger partial charge in [-0.15, -0.1) is 5.92 Å². The molecule has 31 heavy (non-hydrogen) atoms. The maximum atomic E-state index is 13.2. The summed E-state index contributed by atoms with van der Waals surface area (Å²) < 4.78 is 5.65. The highest BCUT2D eigenvalue weighted by molar-refractivity contribution is 6.39. The van der Waals surface area contributed by atoms with Crippen LogP contribution in [0.3, 0.4) is 0 Å². The zero-order valence-corrected chi connectivity index (χ0v) is 18.3. The van der Waals surface area contributed by atoms with Crippen LogP contribution in [0.4, 0.5) is 5.69 Å². The molecule has 3 N–H and O–H groups in total. The molecule has 6 heteroatoms. The van der Waals surface area contributed by atoms with Gasteiger partial charge in [-0.1, -0.05) is 36.0 Å². The first kappa shape index (κ1) is 22.8. The second-order valence-electron chi connectivity index (χ2n) is 7.54. The third-order valence-electron chi connectivity index (χ3n) is 5.50. The van der Waals surface area contributed by atoms with Crippen molar-refractivity contribution in [2.75, 3.05) is 18.5 Å². The molecule has 1 radical (unpaired) electrons. The minimum absolute atomic E-state index is 0.131. The van der Waals surface area contributed by atoms with Crippen LogP contribution in [0.15, 0.2) is 59.4 Å². The van der Waals surface area contributed by atoms with E-state index in [1.54, 1.807) is 19.3 Å². The number of rotatable bonds is 7. The van der Waals surface area contributed by atoms with Crippen LogP contribution in [0, 0.1) is 17.8 Å². The second-order valence-corrected chi connectivity index (χ2v) is 7.54. The van der Waals surface area contributed by atoms with Crippen LogP contribution < -0.4 is 11.1 Å². The topological polar surface area (TPSA) is 77.2 Å². The summed E-state index contributed by atoms with van der Waals surface area (Å²) in [5.74, 6) is 5.43. The Bertz CT molecular complexity index is 1050. The summed E-state index contributed by atoms with van der Waals surface area (Å²) in [5, 5.41) is 5.08. The highest BCUT2D eigenvalue weighted by atomic mass is 16.4. The molecule has 1 amide bonds. The third kappa shape index (κ3) is 6.07. The normalized spacial score (nSPS) is 15.5. The van der Waals surface area contributed by atoms with Gasteiger partial charge in [-0.2, -0.15) is 0 Å². The van der Waals surface area contributed by atoms with Gasteiger partial charge in [0.15, 0.2) is 0 Å². The van der Waals surface area contributed by atoms with Gasteiger partial charge in [-0.3, -0.25) is 9.78 Å². The van der Waals surface area contributed by atoms with E-state index >= 15 is 0 Å². The number of pyridine rings is 1. The van der Waals surface area contributed by atoms with Crippen LogP contribution in [0.5, 0.6) is 0 Å². The molecule has 0 aliphatic carbocycles. The van der Waals surface area contributed by atoms with Gasteiger partial charge < -0.3 is 15.7 Å². The summed E-state index contributed by atoms with van der Waals surface area (Å²) in [7, 11) is 1.81. The number of aromatic nitrogens is 1. The Morgan fingerprint density at radius 1 is 1.39 bits per heavy atom. The number of benzene rings is 1. The Kier molecular flexibility index (Phi) is 8.46. The Morgan fingerprint density at radius 3 is 3.03 bits per heavy atom. The lowest BCUT2D eigenvalue weighted by Crippen LogP contribution is -2.31. The molecule has 1 aromatic carbocycles. The summed E-state index contributed by atoms with van der Waals surface area (Å²) in [6, 6.07) is 7.71. The fourth-order valence-electron chi connectivity index (χ4n) is 3.74. The zero-order valence-electron chi connectivity index (χ0n) is 18.3. The van der Waals surface area contributed by atoms with E-state index in [1.807, 2.05) is 31.7 Å². The number of hydrogen-bond acceptors (Lipinski definition) is 4. The smallest absolute Gasteiger partial charge is 0.329 e. The molecule has 1 aliphatic heterocycles. The largest absolute Gasteiger partial charge is 0.434 e. The molecule has 0 saturated heterocycles. The number of amides is 1. The van der Waals surface area contributed by atoms with Gasteiger partial charge in [0.05, 0.1) is 5.92 Å². The number of carbonyl (C=O) groups excluding carboxylic acids is 1. The molecule has 5 nitrogen and oxygen atoms in total. The maximum absolute atomic E-state index is 13.2. The van der Waals surface area contributed by atoms with Crippen LogP contribution in [-0.2, 0) is 9.45 Å². The highest BCUT2D eigenvalue weighted by Gasteiger charge is 2.23. The van der Waals surface area contributed by atoms with E-state index in [9.17, 15) is 4.79 Å². The summed E-state index contributed by atoms with van der Waals surface area (Å²) in [6.07, 6.45) is 9.03. The number of fused-ring (bicyclic) bond motifs is 1. The zero-order chi connectivity index (χ0) is 22.1. The molecule has 1 aliphatic rings. The Balaban J connectivity index is 1.88. The summed E-state index contributed by atoms with van der Waals surface area (Å²) in [5.41, 5.74) is 10.1. The van der Waals surface area contributed by atoms with Gasteiger partial charge in [0.1, 0.15) is 0 Å². The molecule has 0 saturated carbocycles. The summed E-state index contributed by atoms with van der Waals surface area (Å²) in [6.45, 7) is 4.87. The molecular weight excluding hydrogens is 385 g/mol. The van der Waals surface area contributed by atoms with Crippen molar-refractivity contribution < 1.29 is 9.45 Å². The molecule has 0 spiro atoms. The van der Waals surface area contributed by atoms with Crippen LogP contribution >= 0.6 is 0 Å². The predicted molar refractivity (Wildman–Crippen MR) is 127 cm³/mol. The van der Waals surface area contributed by atoms with Crippen molar-refractivity contribution in [2.24, 2.45) is 11.7 Å². The van der Waals surface area contributed by atoms with Crippen molar-refractivity contribution in [1.82, 2.24) is 4.98 Å². The molecule has 2 heterocycles. The fraction of sp³-hybridized carbons (Fsp3) is 0.360. The standard InChI is InChI=1S/C25H29BN3O2/c1-3-5-7-20(15-24-18(4-2)8-6-13-31-26-24)23(16-27)25(30)29-22-10-9-21-17-28-12-11-19(21)14-22/h9-12,14-15,17,23H,4,6-8,13,16,27H2,1-2H3,(H,29,30)/b20-15+. The molecule has 1 unspecified atom stereocenters. The van der Waals surface area contributed by atoms with E-state index in [4.69, 9.17) is 10.4 Å². The second kappa shape index (κ2) is 11.5. The number of allylic oxidation sites excluding steroid dienone is 3. The molecule has 1 aromatic heterocycles. The van der Waals surface area contributed by atoms with Crippen molar-refractivity contribution in [3.05, 3.63) is 59.4 Å². The van der Waals surface area contributed by atoms with Crippen molar-refractivity contribution in [1.29, 1.82) is 0 Å². The van der Waals surface area contributed by atoms with Crippen LogP contribution in [-0.4, -0.2) is 31.5 Å². The molecule has 0 bridgehead atoms. The first-order valence-electron chi connectivity index (χ1n) is 10.8. The van der Waals surface area contributed by atoms with Gasteiger partial charge in [0.25, 0.3) is 0 Å². The molecule has 2 aromatic rings. The average Bonchev–Trinajstić information content (AvgIpc) is 3.02. The van der Waals surface area contributed by atoms with Gasteiger partial charge in [-0.25, -0.2) is 0 Å². The number of nitrogens with zero attached hydrogens (tertiary/aromatic N) is 1. The number of nitrogens with one attached hydrogen (secondary N) is 1. The van der Waals surface area contributed by atoms with Crippen molar-refractivity contribution in [3.8, 4) is 11.8 Å². The summed E-state index contributed by atoms with van der Waals surface area (Å²) >= 11 is 0. The average molecular weight is 414 g/mol. The molecule has 1 atom stereocenters. The third-order valence-corrected chi connectivity index (χ3v) is 5.50. The lowest BCUT2D eigenvalue weighted by Gasteiger charge is -2.19. The van der Waals surface area contributed by atoms with Gasteiger partial charge in [-0.05, 0) is 55.3 Å². The Morgan fingerprint density at radius 2 is 2.26 bits per heavy atom. The summed E-state index contributed by atoms with van der Waals surface area (Å²) in [4.78, 5) is 17.3. The van der Waals surface area contributed by atoms with Crippen LogP contribution in [0.25, 0.3) is 10.8 Å². The van der Waals surface area contributed by atoms with Gasteiger partial charge in [0.2, 0.25) is 5.91 Å². The van der Waals surface area contributed by atoms with E-state index in [1.165, 1.54) is 5.57 Å². The highest BCUT2D eigenvalue weighted by Crippen LogP contribution is 2.25. The fourth-order valence-corrected chi connectivity index (χ4v) is 3.74. The van der Waals surface area contributed by atoms with E-state index in [0.717, 1.165) is 46.8 Å². The Hall–Kier alpha value is -2.88.